The third-order valence-electron chi connectivity index (χ3n) is 3.83. The van der Waals surface area contributed by atoms with Crippen molar-refractivity contribution in [1.29, 1.82) is 0 Å². The van der Waals surface area contributed by atoms with Gasteiger partial charge in [0.1, 0.15) is 0 Å². The molecule has 4 heteroatoms. The number of carbonyl (C=O) groups excluding carboxylic acids is 2. The van der Waals surface area contributed by atoms with E-state index >= 15 is 0 Å². The first-order chi connectivity index (χ1) is 11.8. The van der Waals surface area contributed by atoms with E-state index < -0.39 is 0 Å². The molecule has 1 N–H and O–H groups in total. The van der Waals surface area contributed by atoms with Gasteiger partial charge in [-0.25, -0.2) is 4.79 Å². The molecule has 0 aliphatic rings. The van der Waals surface area contributed by atoms with Gasteiger partial charge in [-0.15, -0.1) is 0 Å². The number of esters is 1. The quantitative estimate of drug-likeness (QED) is 0.796. The fraction of sp³-hybridized carbons (Fsp3) is 0.333. The Hall–Kier alpha value is -2.62. The van der Waals surface area contributed by atoms with Crippen LogP contribution >= 0.6 is 0 Å². The Morgan fingerprint density at radius 1 is 0.920 bits per heavy atom. The van der Waals surface area contributed by atoms with Crippen LogP contribution in [0.4, 0.5) is 5.69 Å². The van der Waals surface area contributed by atoms with Gasteiger partial charge in [-0.3, -0.25) is 4.79 Å². The number of amides is 1. The topological polar surface area (TPSA) is 55.4 Å². The average Bonchev–Trinajstić information content (AvgIpc) is 2.59. The molecule has 0 heterocycles. The molecule has 1 amide bonds. The Balaban J connectivity index is 2.02. The van der Waals surface area contributed by atoms with Crippen molar-refractivity contribution in [2.45, 2.75) is 39.5 Å². The number of anilines is 1. The molecule has 0 fully saturated rings. The number of rotatable bonds is 5. The highest BCUT2D eigenvalue weighted by Gasteiger charge is 2.14. The molecule has 0 bridgehead atoms. The first-order valence-electron chi connectivity index (χ1n) is 8.50. The van der Waals surface area contributed by atoms with Gasteiger partial charge in [-0.1, -0.05) is 39.8 Å². The predicted molar refractivity (Wildman–Crippen MR) is 100 cm³/mol. The molecule has 2 aromatic rings. The fourth-order valence-corrected chi connectivity index (χ4v) is 2.29. The zero-order chi connectivity index (χ0) is 18.4. The normalized spacial score (nSPS) is 11.0. The summed E-state index contributed by atoms with van der Waals surface area (Å²) in [5, 5.41) is 2.83. The summed E-state index contributed by atoms with van der Waals surface area (Å²) in [6.45, 7) is 8.75. The Bertz CT molecular complexity index is 725. The van der Waals surface area contributed by atoms with Crippen LogP contribution in [0.25, 0.3) is 0 Å². The summed E-state index contributed by atoms with van der Waals surface area (Å²) in [5.41, 5.74) is 2.94. The van der Waals surface area contributed by atoms with Crippen LogP contribution in [0.3, 0.4) is 0 Å². The van der Waals surface area contributed by atoms with Crippen LogP contribution in [0.1, 0.15) is 60.4 Å². The largest absolute Gasteiger partial charge is 0.462 e. The lowest BCUT2D eigenvalue weighted by molar-refractivity contribution is 0.0505. The maximum Gasteiger partial charge on any atom is 0.338 e. The number of hydrogen-bond donors (Lipinski definition) is 1. The summed E-state index contributed by atoms with van der Waals surface area (Å²) in [7, 11) is 0. The molecule has 0 saturated heterocycles. The predicted octanol–water partition coefficient (Wildman–Crippen LogP) is 4.80. The second-order valence-electron chi connectivity index (χ2n) is 6.99. The van der Waals surface area contributed by atoms with Crippen LogP contribution in [-0.4, -0.2) is 18.5 Å². The van der Waals surface area contributed by atoms with Crippen molar-refractivity contribution in [3.05, 3.63) is 65.2 Å². The van der Waals surface area contributed by atoms with Crippen molar-refractivity contribution in [3.63, 3.8) is 0 Å². The molecule has 2 aromatic carbocycles. The van der Waals surface area contributed by atoms with E-state index in [0.717, 1.165) is 6.42 Å². The summed E-state index contributed by atoms with van der Waals surface area (Å²) in [6.07, 6.45) is 0.786. The van der Waals surface area contributed by atoms with E-state index in [9.17, 15) is 9.59 Å². The molecule has 0 radical (unpaired) electrons. The third kappa shape index (κ3) is 5.18. The smallest absolute Gasteiger partial charge is 0.338 e. The van der Waals surface area contributed by atoms with Gasteiger partial charge in [0.05, 0.1) is 12.2 Å². The van der Waals surface area contributed by atoms with Crippen LogP contribution in [0.2, 0.25) is 0 Å². The lowest BCUT2D eigenvalue weighted by Crippen LogP contribution is -2.14. The highest BCUT2D eigenvalue weighted by Crippen LogP contribution is 2.22. The molecule has 0 aliphatic heterocycles. The van der Waals surface area contributed by atoms with E-state index in [1.54, 1.807) is 24.3 Å². The minimum absolute atomic E-state index is 0.0528. The van der Waals surface area contributed by atoms with Gasteiger partial charge in [0.25, 0.3) is 5.91 Å². The maximum atomic E-state index is 12.3. The molecule has 2 rings (SSSR count). The molecule has 0 atom stereocenters. The molecule has 132 valence electrons. The van der Waals surface area contributed by atoms with Gasteiger partial charge in [0, 0.05) is 11.3 Å². The van der Waals surface area contributed by atoms with Crippen LogP contribution in [0.15, 0.2) is 48.5 Å². The van der Waals surface area contributed by atoms with Gasteiger partial charge >= 0.3 is 5.97 Å². The van der Waals surface area contributed by atoms with Gasteiger partial charge in [-0.2, -0.15) is 0 Å². The highest BCUT2D eigenvalue weighted by atomic mass is 16.5. The number of carbonyl (C=O) groups is 2. The second kappa shape index (κ2) is 7.97. The van der Waals surface area contributed by atoms with E-state index in [0.29, 0.717) is 23.4 Å². The number of ether oxygens (including phenoxy) is 1. The van der Waals surface area contributed by atoms with Crippen molar-refractivity contribution in [1.82, 2.24) is 0 Å². The maximum absolute atomic E-state index is 12.3. The number of nitrogens with one attached hydrogen (secondary N) is 1. The molecule has 4 nitrogen and oxygen atoms in total. The standard InChI is InChI=1S/C21H25NO3/c1-5-14-25-20(24)16-8-12-18(13-9-16)22-19(23)15-6-10-17(11-7-15)21(2,3)4/h6-13H,5,14H2,1-4H3,(H,22,23). The first kappa shape index (κ1) is 18.7. The van der Waals surface area contributed by atoms with Crippen LogP contribution in [0.5, 0.6) is 0 Å². The SMILES string of the molecule is CCCOC(=O)c1ccc(NC(=O)c2ccc(C(C)(C)C)cc2)cc1. The summed E-state index contributed by atoms with van der Waals surface area (Å²) in [4.78, 5) is 24.1. The van der Waals surface area contributed by atoms with E-state index in [1.165, 1.54) is 5.56 Å². The van der Waals surface area contributed by atoms with E-state index in [-0.39, 0.29) is 17.3 Å². The van der Waals surface area contributed by atoms with Crippen LogP contribution < -0.4 is 5.32 Å². The first-order valence-corrected chi connectivity index (χ1v) is 8.50. The summed E-state index contributed by atoms with van der Waals surface area (Å²) in [6, 6.07) is 14.3. The zero-order valence-electron chi connectivity index (χ0n) is 15.3. The Labute approximate surface area is 149 Å². The molecule has 25 heavy (non-hydrogen) atoms. The zero-order valence-corrected chi connectivity index (χ0v) is 15.3. The molecule has 0 unspecified atom stereocenters. The molecule has 0 aliphatic carbocycles. The van der Waals surface area contributed by atoms with Crippen LogP contribution in [0, 0.1) is 0 Å². The molecular formula is C21H25NO3. The van der Waals surface area contributed by atoms with E-state index in [4.69, 9.17) is 4.74 Å². The Morgan fingerprint density at radius 2 is 1.48 bits per heavy atom. The molecule has 0 spiro atoms. The summed E-state index contributed by atoms with van der Waals surface area (Å²) < 4.78 is 5.08. The second-order valence-corrected chi connectivity index (χ2v) is 6.99. The van der Waals surface area contributed by atoms with Crippen molar-refractivity contribution in [3.8, 4) is 0 Å². The fourth-order valence-electron chi connectivity index (χ4n) is 2.29. The minimum atomic E-state index is -0.350. The van der Waals surface area contributed by atoms with Crippen molar-refractivity contribution < 1.29 is 14.3 Å². The average molecular weight is 339 g/mol. The Morgan fingerprint density at radius 3 is 2.00 bits per heavy atom. The van der Waals surface area contributed by atoms with Gasteiger partial charge in [0.15, 0.2) is 0 Å². The minimum Gasteiger partial charge on any atom is -0.462 e. The van der Waals surface area contributed by atoms with Gasteiger partial charge < -0.3 is 10.1 Å². The highest BCUT2D eigenvalue weighted by molar-refractivity contribution is 6.04. The lowest BCUT2D eigenvalue weighted by Gasteiger charge is -2.19. The molecule has 0 saturated carbocycles. The van der Waals surface area contributed by atoms with Crippen molar-refractivity contribution in [2.75, 3.05) is 11.9 Å². The Kier molecular flexibility index (Phi) is 5.97. The van der Waals surface area contributed by atoms with E-state index in [2.05, 4.69) is 26.1 Å². The summed E-state index contributed by atoms with van der Waals surface area (Å²) in [5.74, 6) is -0.528. The van der Waals surface area contributed by atoms with Crippen molar-refractivity contribution >= 4 is 17.6 Å². The van der Waals surface area contributed by atoms with Crippen molar-refractivity contribution in [2.24, 2.45) is 0 Å². The third-order valence-corrected chi connectivity index (χ3v) is 3.83. The van der Waals surface area contributed by atoms with Gasteiger partial charge in [-0.05, 0) is 53.8 Å². The lowest BCUT2D eigenvalue weighted by atomic mass is 9.87. The number of hydrogen-bond acceptors (Lipinski definition) is 3. The van der Waals surface area contributed by atoms with E-state index in [1.807, 2.05) is 31.2 Å². The molecular weight excluding hydrogens is 314 g/mol. The monoisotopic (exact) mass is 339 g/mol. The van der Waals surface area contributed by atoms with Gasteiger partial charge in [0.2, 0.25) is 0 Å². The number of benzene rings is 2. The molecule has 0 aromatic heterocycles. The summed E-state index contributed by atoms with van der Waals surface area (Å²) >= 11 is 0. The van der Waals surface area contributed by atoms with Crippen LogP contribution in [-0.2, 0) is 10.2 Å².